The Kier molecular flexibility index (Phi) is 4.99. The molecule has 1 fully saturated rings. The van der Waals surface area contributed by atoms with E-state index in [1.54, 1.807) is 16.2 Å². The van der Waals surface area contributed by atoms with E-state index in [1.807, 2.05) is 23.8 Å². The summed E-state index contributed by atoms with van der Waals surface area (Å²) in [4.78, 5) is 29.0. The van der Waals surface area contributed by atoms with Crippen LogP contribution in [0.3, 0.4) is 0 Å². The van der Waals surface area contributed by atoms with Gasteiger partial charge in [0.25, 0.3) is 5.91 Å². The van der Waals surface area contributed by atoms with Crippen LogP contribution in [0.25, 0.3) is 11.0 Å². The molecule has 2 aromatic heterocycles. The molecule has 2 unspecified atom stereocenters. The number of carbonyl (C=O) groups excluding carboxylic acids is 1. The number of amides is 1. The van der Waals surface area contributed by atoms with Gasteiger partial charge in [-0.25, -0.2) is 4.79 Å². The topological polar surface area (TPSA) is 67.3 Å². The smallest absolute Gasteiger partial charge is 0.367 e. The van der Waals surface area contributed by atoms with Gasteiger partial charge in [-0.1, -0.05) is 0 Å². The Bertz CT molecular complexity index is 1090. The van der Waals surface area contributed by atoms with Crippen molar-refractivity contribution in [3.8, 4) is 0 Å². The number of hydrogen-bond acceptors (Lipinski definition) is 4. The molecule has 154 valence electrons. The van der Waals surface area contributed by atoms with Crippen LogP contribution < -0.4 is 5.69 Å². The lowest BCUT2D eigenvalue weighted by molar-refractivity contribution is -0.140. The summed E-state index contributed by atoms with van der Waals surface area (Å²) >= 11 is 1.55. The number of ether oxygens (including phenoxy) is 1. The Morgan fingerprint density at radius 2 is 2.10 bits per heavy atom. The van der Waals surface area contributed by atoms with Crippen molar-refractivity contribution in [2.75, 3.05) is 13.1 Å². The van der Waals surface area contributed by atoms with Crippen LogP contribution in [0.1, 0.15) is 28.9 Å². The Balaban J connectivity index is 1.60. The number of nitrogens with zero attached hydrogens (tertiary/aromatic N) is 2. The van der Waals surface area contributed by atoms with E-state index < -0.39 is 18.4 Å². The standard InChI is InChI=1S/C19H18F3N3O3S/c1-11-7-24(8-16(28-11)13-4-5-29-9-13)17(26)12-2-3-15-14(6-12)23-18(27)25(15)10-19(20,21)22/h2-6,9,11,16H,7-8,10H2,1H3,(H,23,27). The molecule has 1 N–H and O–H groups in total. The van der Waals surface area contributed by atoms with Gasteiger partial charge in [0, 0.05) is 12.1 Å². The van der Waals surface area contributed by atoms with Gasteiger partial charge in [-0.3, -0.25) is 9.36 Å². The molecule has 3 aromatic rings. The number of fused-ring (bicyclic) bond motifs is 1. The van der Waals surface area contributed by atoms with Crippen molar-refractivity contribution in [2.45, 2.75) is 31.9 Å². The van der Waals surface area contributed by atoms with Gasteiger partial charge in [0.05, 0.1) is 23.7 Å². The van der Waals surface area contributed by atoms with Crippen molar-refractivity contribution in [1.82, 2.24) is 14.5 Å². The Hall–Kier alpha value is -2.59. The Morgan fingerprint density at radius 1 is 1.31 bits per heavy atom. The van der Waals surface area contributed by atoms with E-state index in [0.29, 0.717) is 23.2 Å². The number of nitrogens with one attached hydrogen (secondary N) is 1. The lowest BCUT2D eigenvalue weighted by Crippen LogP contribution is -2.45. The second kappa shape index (κ2) is 7.34. The fourth-order valence-electron chi connectivity index (χ4n) is 3.58. The van der Waals surface area contributed by atoms with E-state index in [-0.39, 0.29) is 29.1 Å². The van der Waals surface area contributed by atoms with E-state index in [0.717, 1.165) is 5.56 Å². The minimum absolute atomic E-state index is 0.107. The lowest BCUT2D eigenvalue weighted by Gasteiger charge is -2.36. The molecule has 0 saturated carbocycles. The predicted octanol–water partition coefficient (Wildman–Crippen LogP) is 3.56. The number of aromatic amines is 1. The van der Waals surface area contributed by atoms with E-state index in [9.17, 15) is 22.8 Å². The highest BCUT2D eigenvalue weighted by Gasteiger charge is 2.32. The maximum Gasteiger partial charge on any atom is 0.406 e. The number of aromatic nitrogens is 2. The zero-order chi connectivity index (χ0) is 20.8. The molecule has 6 nitrogen and oxygen atoms in total. The molecule has 1 aromatic carbocycles. The molecule has 0 spiro atoms. The molecule has 1 aliphatic heterocycles. The third-order valence-electron chi connectivity index (χ3n) is 4.82. The van der Waals surface area contributed by atoms with E-state index in [1.165, 1.54) is 18.2 Å². The Morgan fingerprint density at radius 3 is 2.79 bits per heavy atom. The minimum atomic E-state index is -4.52. The second-order valence-corrected chi connectivity index (χ2v) is 7.85. The van der Waals surface area contributed by atoms with Gasteiger partial charge in [0.15, 0.2) is 0 Å². The summed E-state index contributed by atoms with van der Waals surface area (Å²) in [5.41, 5.74) is 0.745. The Labute approximate surface area is 167 Å². The maximum atomic E-state index is 13.0. The van der Waals surface area contributed by atoms with E-state index in [2.05, 4.69) is 4.98 Å². The van der Waals surface area contributed by atoms with E-state index >= 15 is 0 Å². The van der Waals surface area contributed by atoms with Gasteiger partial charge in [0.1, 0.15) is 12.6 Å². The molecule has 0 bridgehead atoms. The molecular formula is C19H18F3N3O3S. The summed E-state index contributed by atoms with van der Waals surface area (Å²) in [5.74, 6) is -0.258. The number of hydrogen-bond donors (Lipinski definition) is 1. The zero-order valence-corrected chi connectivity index (χ0v) is 16.2. The molecule has 0 radical (unpaired) electrons. The van der Waals surface area contributed by atoms with Crippen molar-refractivity contribution in [1.29, 1.82) is 0 Å². The van der Waals surface area contributed by atoms with Crippen molar-refractivity contribution in [3.05, 3.63) is 56.6 Å². The average molecular weight is 425 g/mol. The predicted molar refractivity (Wildman–Crippen MR) is 102 cm³/mol. The molecule has 4 rings (SSSR count). The maximum absolute atomic E-state index is 13.0. The van der Waals surface area contributed by atoms with Crippen LogP contribution in [-0.2, 0) is 11.3 Å². The fourth-order valence-corrected chi connectivity index (χ4v) is 4.28. The summed E-state index contributed by atoms with van der Waals surface area (Å²) in [7, 11) is 0. The van der Waals surface area contributed by atoms with Gasteiger partial charge >= 0.3 is 11.9 Å². The number of imidazole rings is 1. The lowest BCUT2D eigenvalue weighted by atomic mass is 10.1. The van der Waals surface area contributed by atoms with Gasteiger partial charge in [-0.2, -0.15) is 24.5 Å². The number of rotatable bonds is 3. The van der Waals surface area contributed by atoms with Crippen LogP contribution in [0.2, 0.25) is 0 Å². The van der Waals surface area contributed by atoms with Crippen molar-refractivity contribution < 1.29 is 22.7 Å². The number of benzene rings is 1. The number of thiophene rings is 1. The van der Waals surface area contributed by atoms with Crippen LogP contribution in [0.4, 0.5) is 13.2 Å². The SMILES string of the molecule is CC1CN(C(=O)c2ccc3c(c2)[nH]c(=O)n3CC(F)(F)F)CC(c2ccsc2)O1. The first-order chi connectivity index (χ1) is 13.7. The number of H-pyrrole nitrogens is 1. The third kappa shape index (κ3) is 4.08. The molecule has 0 aliphatic carbocycles. The van der Waals surface area contributed by atoms with Crippen LogP contribution >= 0.6 is 11.3 Å². The normalized spacial score (nSPS) is 20.3. The molecule has 2 atom stereocenters. The number of morpholine rings is 1. The second-order valence-electron chi connectivity index (χ2n) is 7.07. The summed E-state index contributed by atoms with van der Waals surface area (Å²) < 4.78 is 44.7. The molecule has 1 aliphatic rings. The highest BCUT2D eigenvalue weighted by atomic mass is 32.1. The first-order valence-electron chi connectivity index (χ1n) is 8.97. The number of alkyl halides is 3. The largest absolute Gasteiger partial charge is 0.406 e. The first-order valence-corrected chi connectivity index (χ1v) is 9.92. The molecule has 1 saturated heterocycles. The van der Waals surface area contributed by atoms with Gasteiger partial charge in [0.2, 0.25) is 0 Å². The number of halogens is 3. The number of carbonyl (C=O) groups is 1. The molecule has 10 heteroatoms. The quantitative estimate of drug-likeness (QED) is 0.698. The average Bonchev–Trinajstić information content (AvgIpc) is 3.28. The highest BCUT2D eigenvalue weighted by molar-refractivity contribution is 7.07. The van der Waals surface area contributed by atoms with Crippen LogP contribution in [-0.4, -0.2) is 45.7 Å². The van der Waals surface area contributed by atoms with Gasteiger partial charge in [-0.15, -0.1) is 0 Å². The summed E-state index contributed by atoms with van der Waals surface area (Å²) in [5, 5.41) is 3.92. The molecule has 1 amide bonds. The fraction of sp³-hybridized carbons (Fsp3) is 0.368. The molecule has 29 heavy (non-hydrogen) atoms. The van der Waals surface area contributed by atoms with Crippen molar-refractivity contribution in [3.63, 3.8) is 0 Å². The first kappa shape index (κ1) is 19.7. The minimum Gasteiger partial charge on any atom is -0.367 e. The summed E-state index contributed by atoms with van der Waals surface area (Å²) in [6, 6.07) is 6.19. The van der Waals surface area contributed by atoms with Gasteiger partial charge < -0.3 is 14.6 Å². The van der Waals surface area contributed by atoms with Crippen LogP contribution in [0.15, 0.2) is 39.8 Å². The zero-order valence-electron chi connectivity index (χ0n) is 15.4. The van der Waals surface area contributed by atoms with Crippen LogP contribution in [0.5, 0.6) is 0 Å². The summed E-state index contributed by atoms with van der Waals surface area (Å²) in [6.45, 7) is 1.28. The molecular weight excluding hydrogens is 407 g/mol. The van der Waals surface area contributed by atoms with Crippen molar-refractivity contribution >= 4 is 28.3 Å². The van der Waals surface area contributed by atoms with Gasteiger partial charge in [-0.05, 0) is 47.5 Å². The summed E-state index contributed by atoms with van der Waals surface area (Å²) in [6.07, 6.45) is -4.91. The third-order valence-corrected chi connectivity index (χ3v) is 5.52. The monoisotopic (exact) mass is 425 g/mol. The highest BCUT2D eigenvalue weighted by Crippen LogP contribution is 2.28. The van der Waals surface area contributed by atoms with Crippen LogP contribution in [0, 0.1) is 0 Å². The molecule has 3 heterocycles. The van der Waals surface area contributed by atoms with Crippen molar-refractivity contribution in [2.24, 2.45) is 0 Å². The van der Waals surface area contributed by atoms with E-state index in [4.69, 9.17) is 4.74 Å².